The highest BCUT2D eigenvalue weighted by Crippen LogP contribution is 2.34. The Kier molecular flexibility index (Phi) is 4.49. The van der Waals surface area contributed by atoms with E-state index in [9.17, 15) is 0 Å². The highest BCUT2D eigenvalue weighted by Gasteiger charge is 2.26. The van der Waals surface area contributed by atoms with Gasteiger partial charge >= 0.3 is 0 Å². The molecule has 0 aliphatic carbocycles. The Bertz CT molecular complexity index is 924. The maximum atomic E-state index is 5.49. The number of benzene rings is 2. The van der Waals surface area contributed by atoms with Crippen LogP contribution >= 0.6 is 0 Å². The fourth-order valence-electron chi connectivity index (χ4n) is 4.08. The van der Waals surface area contributed by atoms with Crippen molar-refractivity contribution in [2.75, 3.05) is 14.2 Å². The first-order valence-corrected chi connectivity index (χ1v) is 9.50. The van der Waals surface area contributed by atoms with Crippen LogP contribution in [0.25, 0.3) is 10.9 Å². The van der Waals surface area contributed by atoms with Gasteiger partial charge in [-0.2, -0.15) is 0 Å². The van der Waals surface area contributed by atoms with Gasteiger partial charge in [-0.3, -0.25) is 4.90 Å². The molecule has 3 nitrogen and oxygen atoms in total. The van der Waals surface area contributed by atoms with Gasteiger partial charge in [-0.1, -0.05) is 29.8 Å². The topological polar surface area (TPSA) is 17.4 Å². The first-order chi connectivity index (χ1) is 12.6. The van der Waals surface area contributed by atoms with Gasteiger partial charge in [0.05, 0.1) is 7.11 Å². The van der Waals surface area contributed by atoms with Crippen molar-refractivity contribution in [1.82, 2.24) is 9.47 Å². The summed E-state index contributed by atoms with van der Waals surface area (Å²) in [7, 11) is 3.97. The van der Waals surface area contributed by atoms with Gasteiger partial charge < -0.3 is 9.30 Å². The lowest BCUT2D eigenvalue weighted by atomic mass is 10.00. The molecule has 0 N–H and O–H groups in total. The highest BCUT2D eigenvalue weighted by molar-refractivity contribution is 5.87. The summed E-state index contributed by atoms with van der Waals surface area (Å²) in [6.45, 7) is 6.51. The van der Waals surface area contributed by atoms with Crippen molar-refractivity contribution in [3.05, 3.63) is 64.8 Å². The minimum absolute atomic E-state index is 0.576. The second-order valence-electron chi connectivity index (χ2n) is 7.66. The Labute approximate surface area is 156 Å². The van der Waals surface area contributed by atoms with Crippen molar-refractivity contribution in [2.45, 2.75) is 45.8 Å². The summed E-state index contributed by atoms with van der Waals surface area (Å²) in [6.07, 6.45) is 2.17. The number of rotatable bonds is 4. The molecule has 1 aliphatic rings. The Morgan fingerprint density at radius 3 is 2.62 bits per heavy atom. The quantitative estimate of drug-likeness (QED) is 0.687. The summed E-state index contributed by atoms with van der Waals surface area (Å²) < 4.78 is 8.04. The first-order valence-electron chi connectivity index (χ1n) is 9.50. The van der Waals surface area contributed by atoms with Crippen LogP contribution in [0.3, 0.4) is 0 Å². The molecule has 4 rings (SSSR count). The van der Waals surface area contributed by atoms with E-state index in [0.29, 0.717) is 6.04 Å². The summed E-state index contributed by atoms with van der Waals surface area (Å²) in [4.78, 5) is 2.45. The van der Waals surface area contributed by atoms with E-state index in [2.05, 4.69) is 72.8 Å². The van der Waals surface area contributed by atoms with Crippen LogP contribution in [0.4, 0.5) is 0 Å². The number of hydrogen-bond acceptors (Lipinski definition) is 2. The second-order valence-corrected chi connectivity index (χ2v) is 7.66. The van der Waals surface area contributed by atoms with Crippen LogP contribution in [0.1, 0.15) is 29.3 Å². The molecule has 3 aromatic rings. The van der Waals surface area contributed by atoms with E-state index in [1.54, 1.807) is 7.11 Å². The summed E-state index contributed by atoms with van der Waals surface area (Å²) in [5, 5.41) is 1.35. The smallest absolute Gasteiger partial charge is 0.119 e. The number of fused-ring (bicyclic) bond motifs is 3. The molecule has 2 aromatic carbocycles. The first kappa shape index (κ1) is 17.2. The third-order valence-electron chi connectivity index (χ3n) is 5.89. The molecule has 136 valence electrons. The van der Waals surface area contributed by atoms with Gasteiger partial charge in [-0.15, -0.1) is 0 Å². The molecule has 0 bridgehead atoms. The minimum Gasteiger partial charge on any atom is -0.497 e. The van der Waals surface area contributed by atoms with Crippen LogP contribution in [0.15, 0.2) is 42.5 Å². The fourth-order valence-corrected chi connectivity index (χ4v) is 4.08. The maximum Gasteiger partial charge on any atom is 0.119 e. The van der Waals surface area contributed by atoms with Gasteiger partial charge in [0, 0.05) is 42.1 Å². The molecule has 1 atom stereocenters. The third kappa shape index (κ3) is 3.01. The predicted molar refractivity (Wildman–Crippen MR) is 108 cm³/mol. The zero-order chi connectivity index (χ0) is 18.3. The van der Waals surface area contributed by atoms with Crippen molar-refractivity contribution < 1.29 is 4.74 Å². The molecule has 0 saturated heterocycles. The van der Waals surface area contributed by atoms with Gasteiger partial charge in [-0.05, 0) is 56.6 Å². The predicted octanol–water partition coefficient (Wildman–Crippen LogP) is 4.58. The number of methoxy groups -OCH3 is 1. The molecule has 0 fully saturated rings. The molecular weight excluding hydrogens is 320 g/mol. The molecule has 3 heteroatoms. The van der Waals surface area contributed by atoms with Gasteiger partial charge in [0.1, 0.15) is 5.75 Å². The third-order valence-corrected chi connectivity index (χ3v) is 5.89. The summed E-state index contributed by atoms with van der Waals surface area (Å²) in [6, 6.07) is 16.0. The van der Waals surface area contributed by atoms with E-state index in [0.717, 1.165) is 31.7 Å². The van der Waals surface area contributed by atoms with E-state index in [1.165, 1.54) is 33.3 Å². The highest BCUT2D eigenvalue weighted by atomic mass is 16.5. The van der Waals surface area contributed by atoms with Crippen LogP contribution in [-0.2, 0) is 25.9 Å². The Morgan fingerprint density at radius 2 is 1.88 bits per heavy atom. The molecule has 1 aliphatic heterocycles. The van der Waals surface area contributed by atoms with Crippen molar-refractivity contribution >= 4 is 10.9 Å². The Hall–Kier alpha value is -2.26. The van der Waals surface area contributed by atoms with Crippen molar-refractivity contribution in [3.63, 3.8) is 0 Å². The number of ether oxygens (including phenoxy) is 1. The number of aryl methyl sites for hydroxylation is 3. The van der Waals surface area contributed by atoms with E-state index >= 15 is 0 Å². The molecule has 1 aromatic heterocycles. The molecule has 26 heavy (non-hydrogen) atoms. The lowest BCUT2D eigenvalue weighted by molar-refractivity contribution is 0.228. The van der Waals surface area contributed by atoms with Crippen molar-refractivity contribution in [3.8, 4) is 5.75 Å². The average molecular weight is 348 g/mol. The van der Waals surface area contributed by atoms with E-state index in [-0.39, 0.29) is 0 Å². The average Bonchev–Trinajstić information content (AvgIpc) is 2.94. The largest absolute Gasteiger partial charge is 0.497 e. The Balaban J connectivity index is 1.75. The zero-order valence-electron chi connectivity index (χ0n) is 16.2. The molecule has 1 unspecified atom stereocenters. The number of likely N-dealkylation sites (N-methyl/N-ethyl adjacent to an activating group) is 1. The van der Waals surface area contributed by atoms with E-state index < -0.39 is 0 Å². The fraction of sp³-hybridized carbons (Fsp3) is 0.391. The molecule has 2 heterocycles. The Morgan fingerprint density at radius 1 is 1.12 bits per heavy atom. The van der Waals surface area contributed by atoms with Crippen LogP contribution in [0.2, 0.25) is 0 Å². The molecule has 0 radical (unpaired) electrons. The minimum atomic E-state index is 0.576. The lowest BCUT2D eigenvalue weighted by Crippen LogP contribution is -2.35. The SMILES string of the molecule is COc1ccc2c(c1)c1c(n2CCc2ccc(C)cc2)CC(C)N(C)C1. The van der Waals surface area contributed by atoms with Crippen LogP contribution < -0.4 is 4.74 Å². The second kappa shape index (κ2) is 6.81. The molecule has 0 amide bonds. The molecule has 0 saturated carbocycles. The number of aromatic nitrogens is 1. The zero-order valence-corrected chi connectivity index (χ0v) is 16.2. The molecular formula is C23H28N2O. The lowest BCUT2D eigenvalue weighted by Gasteiger charge is -2.31. The van der Waals surface area contributed by atoms with Gasteiger partial charge in [0.25, 0.3) is 0 Å². The number of nitrogens with zero attached hydrogens (tertiary/aromatic N) is 2. The monoisotopic (exact) mass is 348 g/mol. The van der Waals surface area contributed by atoms with Crippen LogP contribution in [0, 0.1) is 6.92 Å². The van der Waals surface area contributed by atoms with Gasteiger partial charge in [0.2, 0.25) is 0 Å². The van der Waals surface area contributed by atoms with Gasteiger partial charge in [0.15, 0.2) is 0 Å². The molecule has 0 spiro atoms. The van der Waals surface area contributed by atoms with Crippen LogP contribution in [0.5, 0.6) is 5.75 Å². The summed E-state index contributed by atoms with van der Waals surface area (Å²) >= 11 is 0. The number of hydrogen-bond donors (Lipinski definition) is 0. The summed E-state index contributed by atoms with van der Waals surface area (Å²) in [5.74, 6) is 0.942. The van der Waals surface area contributed by atoms with Crippen LogP contribution in [-0.4, -0.2) is 29.7 Å². The van der Waals surface area contributed by atoms with E-state index in [4.69, 9.17) is 4.74 Å². The summed E-state index contributed by atoms with van der Waals surface area (Å²) in [5.41, 5.74) is 7.04. The standard InChI is InChI=1S/C23H28N2O/c1-16-5-7-18(8-6-16)11-12-25-22-10-9-19(26-4)14-20(22)21-15-24(3)17(2)13-23(21)25/h5-10,14,17H,11-13,15H2,1-4H3. The van der Waals surface area contributed by atoms with Crippen molar-refractivity contribution in [2.24, 2.45) is 0 Å². The van der Waals surface area contributed by atoms with Crippen molar-refractivity contribution in [1.29, 1.82) is 0 Å². The van der Waals surface area contributed by atoms with E-state index in [1.807, 2.05) is 0 Å². The maximum absolute atomic E-state index is 5.49. The van der Waals surface area contributed by atoms with Gasteiger partial charge in [-0.25, -0.2) is 0 Å². The normalized spacial score (nSPS) is 17.5.